The van der Waals surface area contributed by atoms with E-state index < -0.39 is 0 Å². The second-order valence-electron chi connectivity index (χ2n) is 6.75. The van der Waals surface area contributed by atoms with Crippen molar-refractivity contribution in [2.45, 2.75) is 13.0 Å². The predicted molar refractivity (Wildman–Crippen MR) is 109 cm³/mol. The lowest BCUT2D eigenvalue weighted by Gasteiger charge is -2.03. The molecular formula is C20H23N7O. The Labute approximate surface area is 162 Å². The quantitative estimate of drug-likeness (QED) is 0.401. The van der Waals surface area contributed by atoms with Gasteiger partial charge in [-0.05, 0) is 35.9 Å². The maximum atomic E-state index is 12.2. The number of hydrogen-bond acceptors (Lipinski definition) is 5. The van der Waals surface area contributed by atoms with Gasteiger partial charge >= 0.3 is 0 Å². The van der Waals surface area contributed by atoms with Crippen LogP contribution in [0, 0.1) is 0 Å². The Morgan fingerprint density at radius 1 is 1.14 bits per heavy atom. The number of carbonyl (C=O) groups is 1. The lowest BCUT2D eigenvalue weighted by atomic mass is 10.2. The van der Waals surface area contributed by atoms with Crippen molar-refractivity contribution in [3.8, 4) is 0 Å². The van der Waals surface area contributed by atoms with Crippen LogP contribution in [0.3, 0.4) is 0 Å². The average molecular weight is 377 g/mol. The molecule has 0 saturated carbocycles. The Morgan fingerprint density at radius 3 is 2.79 bits per heavy atom. The monoisotopic (exact) mass is 377 g/mol. The molecule has 6 N–H and O–H groups in total. The summed E-state index contributed by atoms with van der Waals surface area (Å²) < 4.78 is 2.02. The van der Waals surface area contributed by atoms with Gasteiger partial charge in [0, 0.05) is 32.2 Å². The molecule has 4 aromatic rings. The van der Waals surface area contributed by atoms with E-state index in [9.17, 15) is 4.79 Å². The van der Waals surface area contributed by atoms with Gasteiger partial charge in [0.15, 0.2) is 0 Å². The molecule has 0 fully saturated rings. The Bertz CT molecular complexity index is 1160. The number of imidazole rings is 2. The molecular weight excluding hydrogens is 354 g/mol. The van der Waals surface area contributed by atoms with Crippen molar-refractivity contribution in [2.24, 2.45) is 18.5 Å². The molecule has 0 unspecified atom stereocenters. The molecule has 0 saturated heterocycles. The number of aromatic amines is 1. The van der Waals surface area contributed by atoms with Crippen molar-refractivity contribution in [3.63, 3.8) is 0 Å². The molecule has 1 amide bonds. The Hall–Kier alpha value is -3.23. The molecule has 0 aliphatic carbocycles. The van der Waals surface area contributed by atoms with Gasteiger partial charge in [-0.1, -0.05) is 6.07 Å². The number of aromatic nitrogens is 4. The fourth-order valence-electron chi connectivity index (χ4n) is 3.30. The van der Waals surface area contributed by atoms with E-state index in [1.54, 1.807) is 12.1 Å². The van der Waals surface area contributed by atoms with Gasteiger partial charge in [-0.25, -0.2) is 9.97 Å². The number of nitrogens with two attached hydrogens (primary N) is 2. The summed E-state index contributed by atoms with van der Waals surface area (Å²) in [6.45, 7) is 1.35. The summed E-state index contributed by atoms with van der Waals surface area (Å²) >= 11 is 0. The number of rotatable bonds is 6. The largest absolute Gasteiger partial charge is 0.351 e. The van der Waals surface area contributed by atoms with E-state index in [-0.39, 0.29) is 5.91 Å². The van der Waals surface area contributed by atoms with E-state index in [2.05, 4.69) is 15.3 Å². The first kappa shape index (κ1) is 18.1. The van der Waals surface area contributed by atoms with Crippen LogP contribution in [-0.2, 0) is 20.0 Å². The first-order chi connectivity index (χ1) is 13.6. The number of benzene rings is 2. The first-order valence-electron chi connectivity index (χ1n) is 9.20. The van der Waals surface area contributed by atoms with E-state index in [0.717, 1.165) is 39.3 Å². The fourth-order valence-corrected chi connectivity index (χ4v) is 3.30. The topological polar surface area (TPSA) is 128 Å². The molecule has 8 heteroatoms. The van der Waals surface area contributed by atoms with Gasteiger partial charge in [-0.15, -0.1) is 0 Å². The molecule has 2 heterocycles. The molecule has 4 rings (SSSR count). The molecule has 0 atom stereocenters. The minimum atomic E-state index is -0.146. The van der Waals surface area contributed by atoms with Crippen molar-refractivity contribution < 1.29 is 4.79 Å². The molecule has 0 aliphatic rings. The third kappa shape index (κ3) is 3.35. The number of H-pyrrole nitrogens is 1. The summed E-state index contributed by atoms with van der Waals surface area (Å²) in [5.74, 6) is 1.56. The zero-order valence-corrected chi connectivity index (χ0v) is 15.7. The zero-order chi connectivity index (χ0) is 19.7. The molecule has 2 aromatic heterocycles. The van der Waals surface area contributed by atoms with E-state index in [1.807, 2.05) is 35.9 Å². The summed E-state index contributed by atoms with van der Waals surface area (Å²) in [5, 5.41) is 2.78. The number of nitrogens with one attached hydrogen (secondary N) is 2. The Kier molecular flexibility index (Phi) is 4.81. The minimum absolute atomic E-state index is 0.146. The minimum Gasteiger partial charge on any atom is -0.351 e. The third-order valence-electron chi connectivity index (χ3n) is 4.82. The Morgan fingerprint density at radius 2 is 2.00 bits per heavy atom. The number of hydrogen-bond donors (Lipinski definition) is 4. The lowest BCUT2D eigenvalue weighted by Crippen LogP contribution is -2.28. The van der Waals surface area contributed by atoms with Gasteiger partial charge < -0.3 is 26.3 Å². The van der Waals surface area contributed by atoms with Crippen molar-refractivity contribution in [3.05, 3.63) is 59.2 Å². The molecule has 0 bridgehead atoms. The number of nitrogens with zero attached hydrogens (tertiary/aromatic N) is 3. The van der Waals surface area contributed by atoms with Crippen LogP contribution in [0.1, 0.15) is 27.6 Å². The number of aryl methyl sites for hydroxylation is 1. The highest BCUT2D eigenvalue weighted by molar-refractivity contribution is 5.97. The predicted octanol–water partition coefficient (Wildman–Crippen LogP) is 1.19. The van der Waals surface area contributed by atoms with E-state index in [4.69, 9.17) is 16.5 Å². The second kappa shape index (κ2) is 7.41. The highest BCUT2D eigenvalue weighted by atomic mass is 16.1. The van der Waals surface area contributed by atoms with Crippen LogP contribution < -0.4 is 16.8 Å². The van der Waals surface area contributed by atoms with Gasteiger partial charge in [0.25, 0.3) is 5.91 Å². The van der Waals surface area contributed by atoms with Gasteiger partial charge in [0.05, 0.1) is 28.5 Å². The molecule has 28 heavy (non-hydrogen) atoms. The van der Waals surface area contributed by atoms with Crippen LogP contribution in [0.25, 0.3) is 22.1 Å². The SMILES string of the molecule is Cn1c(Cc2nc3cc(CN)ccc3[nH]2)nc2cc(C(=O)NCCN)ccc21. The highest BCUT2D eigenvalue weighted by Gasteiger charge is 2.13. The van der Waals surface area contributed by atoms with E-state index in [0.29, 0.717) is 31.6 Å². The standard InChI is InChI=1S/C20H23N7O/c1-27-17-5-3-13(20(28)23-7-6-21)9-16(17)26-19(27)10-18-24-14-4-2-12(11-22)8-15(14)25-18/h2-5,8-9H,6-7,10-11,21-22H2,1H3,(H,23,28)(H,24,25). The maximum Gasteiger partial charge on any atom is 0.251 e. The fraction of sp³-hybridized carbons (Fsp3) is 0.250. The molecule has 0 radical (unpaired) electrons. The molecule has 144 valence electrons. The van der Waals surface area contributed by atoms with Gasteiger partial charge in [0.2, 0.25) is 0 Å². The van der Waals surface area contributed by atoms with Crippen LogP contribution >= 0.6 is 0 Å². The Balaban J connectivity index is 1.63. The van der Waals surface area contributed by atoms with Crippen LogP contribution in [-0.4, -0.2) is 38.5 Å². The lowest BCUT2D eigenvalue weighted by molar-refractivity contribution is 0.0955. The molecule has 0 spiro atoms. The summed E-state index contributed by atoms with van der Waals surface area (Å²) in [5.41, 5.74) is 16.4. The second-order valence-corrected chi connectivity index (χ2v) is 6.75. The number of carbonyl (C=O) groups excluding carboxylic acids is 1. The first-order valence-corrected chi connectivity index (χ1v) is 9.20. The van der Waals surface area contributed by atoms with Crippen LogP contribution in [0.2, 0.25) is 0 Å². The summed E-state index contributed by atoms with van der Waals surface area (Å²) in [4.78, 5) is 24.9. The molecule has 2 aromatic carbocycles. The van der Waals surface area contributed by atoms with Gasteiger partial charge in [-0.3, -0.25) is 4.79 Å². The highest BCUT2D eigenvalue weighted by Crippen LogP contribution is 2.20. The van der Waals surface area contributed by atoms with Crippen molar-refractivity contribution in [1.82, 2.24) is 24.8 Å². The van der Waals surface area contributed by atoms with Crippen molar-refractivity contribution in [1.29, 1.82) is 0 Å². The van der Waals surface area contributed by atoms with Crippen LogP contribution in [0.4, 0.5) is 0 Å². The van der Waals surface area contributed by atoms with Gasteiger partial charge in [-0.2, -0.15) is 0 Å². The van der Waals surface area contributed by atoms with Crippen LogP contribution in [0.15, 0.2) is 36.4 Å². The number of fused-ring (bicyclic) bond motifs is 2. The van der Waals surface area contributed by atoms with Crippen molar-refractivity contribution >= 4 is 28.0 Å². The average Bonchev–Trinajstić information content (AvgIpc) is 3.25. The summed E-state index contributed by atoms with van der Waals surface area (Å²) in [7, 11) is 1.97. The normalized spacial score (nSPS) is 11.4. The summed E-state index contributed by atoms with van der Waals surface area (Å²) in [6, 6.07) is 11.5. The summed E-state index contributed by atoms with van der Waals surface area (Å²) in [6.07, 6.45) is 0.562. The maximum absolute atomic E-state index is 12.2. The van der Waals surface area contributed by atoms with Crippen molar-refractivity contribution in [2.75, 3.05) is 13.1 Å². The third-order valence-corrected chi connectivity index (χ3v) is 4.82. The van der Waals surface area contributed by atoms with E-state index in [1.165, 1.54) is 0 Å². The molecule has 0 aliphatic heterocycles. The van der Waals surface area contributed by atoms with Gasteiger partial charge in [0.1, 0.15) is 11.6 Å². The van der Waals surface area contributed by atoms with E-state index >= 15 is 0 Å². The number of amides is 1. The zero-order valence-electron chi connectivity index (χ0n) is 15.7. The van der Waals surface area contributed by atoms with Crippen LogP contribution in [0.5, 0.6) is 0 Å². The smallest absolute Gasteiger partial charge is 0.251 e. The molecule has 8 nitrogen and oxygen atoms in total.